The fraction of sp³-hybridized carbons (Fsp3) is 0.417. The summed E-state index contributed by atoms with van der Waals surface area (Å²) in [6.07, 6.45) is 0.236. The number of ether oxygens (including phenoxy) is 2. The summed E-state index contributed by atoms with van der Waals surface area (Å²) < 4.78 is 11.1. The molecule has 0 aliphatic heterocycles. The summed E-state index contributed by atoms with van der Waals surface area (Å²) in [6.45, 7) is 6.58. The Morgan fingerprint density at radius 2 is 1.74 bits per heavy atom. The first kappa shape index (κ1) is 24.1. The van der Waals surface area contributed by atoms with E-state index in [2.05, 4.69) is 10.6 Å². The van der Waals surface area contributed by atoms with Gasteiger partial charge >= 0.3 is 6.03 Å². The number of hydrogen-bond donors (Lipinski definition) is 2. The zero-order valence-electron chi connectivity index (χ0n) is 19.0. The maximum absolute atomic E-state index is 12.3. The van der Waals surface area contributed by atoms with Crippen molar-refractivity contribution < 1.29 is 19.1 Å². The second-order valence-electron chi connectivity index (χ2n) is 7.69. The van der Waals surface area contributed by atoms with Crippen LogP contribution in [-0.4, -0.2) is 43.6 Å². The van der Waals surface area contributed by atoms with Crippen molar-refractivity contribution in [2.75, 3.05) is 20.7 Å². The van der Waals surface area contributed by atoms with Crippen LogP contribution in [-0.2, 0) is 11.3 Å². The number of amides is 3. The largest absolute Gasteiger partial charge is 0.493 e. The Bertz CT molecular complexity index is 855. The van der Waals surface area contributed by atoms with E-state index in [-0.39, 0.29) is 37.0 Å². The van der Waals surface area contributed by atoms with E-state index >= 15 is 0 Å². The topological polar surface area (TPSA) is 79.9 Å². The third-order valence-corrected chi connectivity index (χ3v) is 4.67. The van der Waals surface area contributed by atoms with Crippen LogP contribution in [0.5, 0.6) is 11.5 Å². The molecule has 0 saturated carbocycles. The SMILES string of the molecule is COc1cc(C(C)NC(=O)CCNC(=O)N(C)Cc2ccccc2)ccc1OC(C)C. The van der Waals surface area contributed by atoms with Crippen molar-refractivity contribution in [3.05, 3.63) is 59.7 Å². The predicted molar refractivity (Wildman–Crippen MR) is 121 cm³/mol. The van der Waals surface area contributed by atoms with Crippen LogP contribution >= 0.6 is 0 Å². The molecule has 3 amide bonds. The highest BCUT2D eigenvalue weighted by Gasteiger charge is 2.14. The van der Waals surface area contributed by atoms with Gasteiger partial charge in [0.1, 0.15) is 0 Å². The third-order valence-electron chi connectivity index (χ3n) is 4.67. The molecule has 2 aromatic carbocycles. The van der Waals surface area contributed by atoms with Crippen LogP contribution in [0.15, 0.2) is 48.5 Å². The molecule has 0 aromatic heterocycles. The minimum atomic E-state index is -0.213. The molecule has 2 N–H and O–H groups in total. The number of urea groups is 1. The van der Waals surface area contributed by atoms with Gasteiger partial charge in [0.2, 0.25) is 5.91 Å². The van der Waals surface area contributed by atoms with E-state index in [0.29, 0.717) is 18.0 Å². The molecule has 7 heteroatoms. The summed E-state index contributed by atoms with van der Waals surface area (Å²) in [5.74, 6) is 1.16. The van der Waals surface area contributed by atoms with Gasteiger partial charge in [-0.3, -0.25) is 4.79 Å². The second-order valence-corrected chi connectivity index (χ2v) is 7.69. The Balaban J connectivity index is 1.79. The molecular weight excluding hydrogens is 394 g/mol. The molecule has 0 heterocycles. The molecule has 0 bridgehead atoms. The zero-order chi connectivity index (χ0) is 22.8. The predicted octanol–water partition coefficient (Wildman–Crippen LogP) is 3.89. The van der Waals surface area contributed by atoms with Crippen LogP contribution in [0.3, 0.4) is 0 Å². The van der Waals surface area contributed by atoms with Crippen molar-refractivity contribution >= 4 is 11.9 Å². The number of rotatable bonds is 10. The van der Waals surface area contributed by atoms with Crippen molar-refractivity contribution in [1.82, 2.24) is 15.5 Å². The normalized spacial score (nSPS) is 11.5. The molecule has 0 saturated heterocycles. The molecule has 2 rings (SSSR count). The van der Waals surface area contributed by atoms with E-state index in [4.69, 9.17) is 9.47 Å². The van der Waals surface area contributed by atoms with Crippen molar-refractivity contribution in [3.63, 3.8) is 0 Å². The Labute approximate surface area is 184 Å². The van der Waals surface area contributed by atoms with E-state index < -0.39 is 0 Å². The lowest BCUT2D eigenvalue weighted by atomic mass is 10.1. The number of nitrogens with one attached hydrogen (secondary N) is 2. The fourth-order valence-corrected chi connectivity index (χ4v) is 3.05. The number of nitrogens with zero attached hydrogens (tertiary/aromatic N) is 1. The third kappa shape index (κ3) is 7.85. The van der Waals surface area contributed by atoms with Crippen molar-refractivity contribution in [3.8, 4) is 11.5 Å². The number of methoxy groups -OCH3 is 1. The smallest absolute Gasteiger partial charge is 0.317 e. The van der Waals surface area contributed by atoms with Gasteiger partial charge in [-0.2, -0.15) is 0 Å². The first-order valence-corrected chi connectivity index (χ1v) is 10.5. The van der Waals surface area contributed by atoms with Gasteiger partial charge in [0.05, 0.1) is 19.3 Å². The van der Waals surface area contributed by atoms with Crippen molar-refractivity contribution in [2.24, 2.45) is 0 Å². The molecule has 168 valence electrons. The Kier molecular flexibility index (Phi) is 9.18. The van der Waals surface area contributed by atoms with Crippen LogP contribution < -0.4 is 20.1 Å². The summed E-state index contributed by atoms with van der Waals surface area (Å²) in [6, 6.07) is 15.0. The molecule has 0 fully saturated rings. The second kappa shape index (κ2) is 11.8. The molecule has 1 atom stereocenters. The van der Waals surface area contributed by atoms with E-state index in [1.54, 1.807) is 19.1 Å². The molecule has 7 nitrogen and oxygen atoms in total. The summed E-state index contributed by atoms with van der Waals surface area (Å²) in [4.78, 5) is 26.1. The molecule has 0 aliphatic carbocycles. The van der Waals surface area contributed by atoms with Crippen LogP contribution in [0.1, 0.15) is 44.4 Å². The van der Waals surface area contributed by atoms with Crippen LogP contribution in [0.2, 0.25) is 0 Å². The van der Waals surface area contributed by atoms with Gasteiger partial charge in [-0.05, 0) is 44.0 Å². The first-order chi connectivity index (χ1) is 14.8. The molecular formula is C24H33N3O4. The fourth-order valence-electron chi connectivity index (χ4n) is 3.05. The Morgan fingerprint density at radius 3 is 2.39 bits per heavy atom. The summed E-state index contributed by atoms with van der Waals surface area (Å²) >= 11 is 0. The Hall–Kier alpha value is -3.22. The highest BCUT2D eigenvalue weighted by atomic mass is 16.5. The molecule has 0 aliphatic rings. The highest BCUT2D eigenvalue weighted by Crippen LogP contribution is 2.31. The summed E-state index contributed by atoms with van der Waals surface area (Å²) in [5, 5.41) is 5.73. The van der Waals surface area contributed by atoms with Crippen LogP contribution in [0.4, 0.5) is 4.79 Å². The maximum atomic E-state index is 12.3. The number of carbonyl (C=O) groups excluding carboxylic acids is 2. The van der Waals surface area contributed by atoms with E-state index in [9.17, 15) is 9.59 Å². The highest BCUT2D eigenvalue weighted by molar-refractivity contribution is 5.78. The van der Waals surface area contributed by atoms with Crippen LogP contribution in [0, 0.1) is 0 Å². The van der Waals surface area contributed by atoms with Gasteiger partial charge in [-0.25, -0.2) is 4.79 Å². The summed E-state index contributed by atoms with van der Waals surface area (Å²) in [5.41, 5.74) is 1.96. The lowest BCUT2D eigenvalue weighted by Gasteiger charge is -2.19. The molecule has 0 spiro atoms. The number of benzene rings is 2. The lowest BCUT2D eigenvalue weighted by molar-refractivity contribution is -0.121. The van der Waals surface area contributed by atoms with E-state index in [1.165, 1.54) is 0 Å². The minimum Gasteiger partial charge on any atom is -0.493 e. The first-order valence-electron chi connectivity index (χ1n) is 10.5. The van der Waals surface area contributed by atoms with E-state index in [1.807, 2.05) is 69.3 Å². The summed E-state index contributed by atoms with van der Waals surface area (Å²) in [7, 11) is 3.32. The molecule has 2 aromatic rings. The quantitative estimate of drug-likeness (QED) is 0.603. The van der Waals surface area contributed by atoms with Gasteiger partial charge in [-0.15, -0.1) is 0 Å². The number of hydrogen-bond acceptors (Lipinski definition) is 4. The van der Waals surface area contributed by atoms with Crippen molar-refractivity contribution in [1.29, 1.82) is 0 Å². The van der Waals surface area contributed by atoms with Gasteiger partial charge in [-0.1, -0.05) is 36.4 Å². The standard InChI is InChI=1S/C24H33N3O4/c1-17(2)31-21-12-11-20(15-22(21)30-5)18(3)26-23(28)13-14-25-24(29)27(4)16-19-9-7-6-8-10-19/h6-12,15,17-18H,13-14,16H2,1-5H3,(H,25,29)(H,26,28). The lowest BCUT2D eigenvalue weighted by Crippen LogP contribution is -2.39. The van der Waals surface area contributed by atoms with Gasteiger partial charge in [0.15, 0.2) is 11.5 Å². The monoisotopic (exact) mass is 427 g/mol. The average Bonchev–Trinajstić information content (AvgIpc) is 2.74. The van der Waals surface area contributed by atoms with Gasteiger partial charge in [0, 0.05) is 26.6 Å². The molecule has 1 unspecified atom stereocenters. The van der Waals surface area contributed by atoms with E-state index in [0.717, 1.165) is 11.1 Å². The maximum Gasteiger partial charge on any atom is 0.317 e. The number of carbonyl (C=O) groups is 2. The minimum absolute atomic E-state index is 0.0406. The zero-order valence-corrected chi connectivity index (χ0v) is 19.0. The van der Waals surface area contributed by atoms with Crippen molar-refractivity contribution in [2.45, 2.75) is 45.9 Å². The average molecular weight is 428 g/mol. The Morgan fingerprint density at radius 1 is 1.03 bits per heavy atom. The van der Waals surface area contributed by atoms with Gasteiger partial charge in [0.25, 0.3) is 0 Å². The van der Waals surface area contributed by atoms with Gasteiger partial charge < -0.3 is 25.0 Å². The molecule has 0 radical (unpaired) electrons. The molecule has 31 heavy (non-hydrogen) atoms. The van der Waals surface area contributed by atoms with Crippen LogP contribution in [0.25, 0.3) is 0 Å².